The molecule has 182 valence electrons. The Morgan fingerprint density at radius 3 is 2.26 bits per heavy atom. The molecular formula is C25H21ClF3N3O2S. The Hall–Kier alpha value is -3.17. The number of carbonyl (C=O) groups excluding carboxylic acids is 1. The molecule has 0 bridgehead atoms. The minimum absolute atomic E-state index is 0.278. The van der Waals surface area contributed by atoms with Crippen molar-refractivity contribution in [2.24, 2.45) is 5.10 Å². The lowest BCUT2D eigenvalue weighted by Gasteiger charge is -2.28. The average Bonchev–Trinajstić information content (AvgIpc) is 3.19. The van der Waals surface area contributed by atoms with Gasteiger partial charge < -0.3 is 4.74 Å². The van der Waals surface area contributed by atoms with Crippen molar-refractivity contribution in [2.45, 2.75) is 18.7 Å². The van der Waals surface area contributed by atoms with E-state index in [9.17, 15) is 18.0 Å². The van der Waals surface area contributed by atoms with Gasteiger partial charge in [0.15, 0.2) is 0 Å². The van der Waals surface area contributed by atoms with Gasteiger partial charge in [0.25, 0.3) is 0 Å². The summed E-state index contributed by atoms with van der Waals surface area (Å²) in [6.07, 6.45) is -3.09. The molecule has 1 atom stereocenters. The van der Waals surface area contributed by atoms with Gasteiger partial charge in [0.2, 0.25) is 0 Å². The molecule has 0 radical (unpaired) electrons. The molecule has 0 aromatic heterocycles. The van der Waals surface area contributed by atoms with Gasteiger partial charge in [-0.3, -0.25) is 0 Å². The van der Waals surface area contributed by atoms with Crippen molar-refractivity contribution in [1.29, 1.82) is 0 Å². The predicted molar refractivity (Wildman–Crippen MR) is 133 cm³/mol. The number of ether oxygens (including phenoxy) is 1. The number of halogens is 4. The molecule has 10 heteroatoms. The van der Waals surface area contributed by atoms with E-state index in [2.05, 4.69) is 4.74 Å². The normalized spacial score (nSPS) is 17.8. The lowest BCUT2D eigenvalue weighted by molar-refractivity contribution is -0.274. The van der Waals surface area contributed by atoms with Crippen molar-refractivity contribution in [1.82, 2.24) is 5.01 Å². The standard InChI is InChI=1S/C25H21ClF3N3O2S/c1-24(18-6-4-3-5-7-18)16-31(30-22(24)17-8-10-19(26)11-9-17)23(33)32(35-2)20-12-14-21(15-13-20)34-25(27,28)29/h3-15H,16H2,1-2H3. The molecule has 1 heterocycles. The Kier molecular flexibility index (Phi) is 7.00. The summed E-state index contributed by atoms with van der Waals surface area (Å²) < 4.78 is 42.8. The predicted octanol–water partition coefficient (Wildman–Crippen LogP) is 7.12. The Balaban J connectivity index is 1.66. The van der Waals surface area contributed by atoms with E-state index in [-0.39, 0.29) is 12.3 Å². The smallest absolute Gasteiger partial charge is 0.406 e. The molecule has 0 N–H and O–H groups in total. The molecule has 0 fully saturated rings. The lowest BCUT2D eigenvalue weighted by atomic mass is 9.76. The molecule has 0 aliphatic carbocycles. The van der Waals surface area contributed by atoms with Crippen molar-refractivity contribution >= 4 is 41.0 Å². The zero-order chi connectivity index (χ0) is 25.2. The number of alkyl halides is 3. The van der Waals surface area contributed by atoms with Crippen molar-refractivity contribution in [3.63, 3.8) is 0 Å². The first-order valence-electron chi connectivity index (χ1n) is 10.5. The van der Waals surface area contributed by atoms with Crippen molar-refractivity contribution in [3.8, 4) is 5.75 Å². The minimum atomic E-state index is -4.79. The molecule has 0 saturated heterocycles. The van der Waals surface area contributed by atoms with Crippen LogP contribution in [0.3, 0.4) is 0 Å². The van der Waals surface area contributed by atoms with E-state index in [1.807, 2.05) is 49.4 Å². The summed E-state index contributed by atoms with van der Waals surface area (Å²) in [6, 6.07) is 21.7. The van der Waals surface area contributed by atoms with E-state index in [1.165, 1.54) is 33.6 Å². The van der Waals surface area contributed by atoms with Crippen LogP contribution in [0.1, 0.15) is 18.1 Å². The van der Waals surface area contributed by atoms with Crippen LogP contribution in [0.25, 0.3) is 0 Å². The van der Waals surface area contributed by atoms with Gasteiger partial charge in [-0.1, -0.05) is 54.1 Å². The fraction of sp³-hybridized carbons (Fsp3) is 0.200. The molecule has 3 aromatic carbocycles. The first kappa shape index (κ1) is 24.9. The Labute approximate surface area is 210 Å². The number of rotatable bonds is 5. The van der Waals surface area contributed by atoms with E-state index >= 15 is 0 Å². The van der Waals surface area contributed by atoms with Crippen LogP contribution >= 0.6 is 23.5 Å². The number of urea groups is 1. The van der Waals surface area contributed by atoms with Crippen molar-refractivity contribution < 1.29 is 22.7 Å². The fourth-order valence-corrected chi connectivity index (χ4v) is 4.66. The molecular weight excluding hydrogens is 499 g/mol. The van der Waals surface area contributed by atoms with Crippen LogP contribution < -0.4 is 9.04 Å². The topological polar surface area (TPSA) is 45.1 Å². The molecule has 1 aliphatic rings. The van der Waals surface area contributed by atoms with Crippen LogP contribution in [0, 0.1) is 0 Å². The van der Waals surface area contributed by atoms with Crippen LogP contribution in [0.15, 0.2) is 84.0 Å². The third-order valence-corrected chi connectivity index (χ3v) is 6.60. The van der Waals surface area contributed by atoms with Gasteiger partial charge in [-0.05, 0) is 66.4 Å². The summed E-state index contributed by atoms with van der Waals surface area (Å²) in [4.78, 5) is 13.5. The number of nitrogens with zero attached hydrogens (tertiary/aromatic N) is 3. The van der Waals surface area contributed by atoms with Crippen LogP contribution in [0.5, 0.6) is 5.75 Å². The summed E-state index contributed by atoms with van der Waals surface area (Å²) in [7, 11) is 0. The average molecular weight is 520 g/mol. The molecule has 1 aliphatic heterocycles. The van der Waals surface area contributed by atoms with E-state index in [4.69, 9.17) is 16.7 Å². The number of amides is 2. The molecule has 5 nitrogen and oxygen atoms in total. The number of hydrogen-bond donors (Lipinski definition) is 0. The van der Waals surface area contributed by atoms with Crippen LogP contribution in [-0.4, -0.2) is 35.9 Å². The second kappa shape index (κ2) is 9.83. The number of anilines is 1. The maximum Gasteiger partial charge on any atom is 0.573 e. The SMILES string of the molecule is CSN(C(=O)N1CC(C)(c2ccccc2)C(c2ccc(Cl)cc2)=N1)c1ccc(OC(F)(F)F)cc1. The Morgan fingerprint density at radius 2 is 1.69 bits per heavy atom. The molecule has 2 amide bonds. The molecule has 0 spiro atoms. The van der Waals surface area contributed by atoms with Gasteiger partial charge in [0.05, 0.1) is 23.4 Å². The highest BCUT2D eigenvalue weighted by Crippen LogP contribution is 2.37. The third kappa shape index (κ3) is 5.41. The van der Waals surface area contributed by atoms with Gasteiger partial charge in [-0.2, -0.15) is 5.10 Å². The zero-order valence-electron chi connectivity index (χ0n) is 18.8. The van der Waals surface area contributed by atoms with E-state index in [1.54, 1.807) is 18.4 Å². The summed E-state index contributed by atoms with van der Waals surface area (Å²) in [6.45, 7) is 2.30. The number of carbonyl (C=O) groups is 1. The van der Waals surface area contributed by atoms with Gasteiger partial charge in [0.1, 0.15) is 5.75 Å². The molecule has 0 saturated carbocycles. The van der Waals surface area contributed by atoms with E-state index in [0.717, 1.165) is 23.1 Å². The highest BCUT2D eigenvalue weighted by atomic mass is 35.5. The molecule has 1 unspecified atom stereocenters. The van der Waals surface area contributed by atoms with E-state index < -0.39 is 17.8 Å². The number of hydrogen-bond acceptors (Lipinski definition) is 4. The summed E-state index contributed by atoms with van der Waals surface area (Å²) in [5.74, 6) is -0.365. The van der Waals surface area contributed by atoms with E-state index in [0.29, 0.717) is 16.4 Å². The van der Waals surface area contributed by atoms with Crippen LogP contribution in [0.2, 0.25) is 5.02 Å². The van der Waals surface area contributed by atoms with Gasteiger partial charge in [-0.25, -0.2) is 14.1 Å². The summed E-state index contributed by atoms with van der Waals surface area (Å²) in [5, 5.41) is 6.68. The van der Waals surface area contributed by atoms with Crippen LogP contribution in [0.4, 0.5) is 23.7 Å². The minimum Gasteiger partial charge on any atom is -0.406 e. The Morgan fingerprint density at radius 1 is 1.06 bits per heavy atom. The van der Waals surface area contributed by atoms with Crippen molar-refractivity contribution in [2.75, 3.05) is 17.1 Å². The second-order valence-corrected chi connectivity index (χ2v) is 9.18. The maximum atomic E-state index is 13.5. The van der Waals surface area contributed by atoms with Crippen LogP contribution in [-0.2, 0) is 5.41 Å². The quantitative estimate of drug-likeness (QED) is 0.337. The second-order valence-electron chi connectivity index (χ2n) is 8.01. The summed E-state index contributed by atoms with van der Waals surface area (Å²) >= 11 is 7.20. The van der Waals surface area contributed by atoms with Crippen molar-refractivity contribution in [3.05, 3.63) is 95.0 Å². The lowest BCUT2D eigenvalue weighted by Crippen LogP contribution is -2.41. The number of hydrazone groups is 1. The first-order chi connectivity index (χ1) is 16.6. The Bertz CT molecular complexity index is 1220. The third-order valence-electron chi connectivity index (χ3n) is 5.62. The van der Waals surface area contributed by atoms with Gasteiger partial charge >= 0.3 is 12.4 Å². The largest absolute Gasteiger partial charge is 0.573 e. The molecule has 4 rings (SSSR count). The first-order valence-corrected chi connectivity index (χ1v) is 12.1. The number of benzene rings is 3. The molecule has 35 heavy (non-hydrogen) atoms. The fourth-order valence-electron chi connectivity index (χ4n) is 3.95. The highest BCUT2D eigenvalue weighted by molar-refractivity contribution is 8.00. The summed E-state index contributed by atoms with van der Waals surface area (Å²) in [5.41, 5.74) is 2.34. The van der Waals surface area contributed by atoms with Gasteiger partial charge in [-0.15, -0.1) is 13.2 Å². The highest BCUT2D eigenvalue weighted by Gasteiger charge is 2.44. The maximum absolute atomic E-state index is 13.5. The zero-order valence-corrected chi connectivity index (χ0v) is 20.4. The van der Waals surface area contributed by atoms with Gasteiger partial charge in [0, 0.05) is 11.3 Å². The molecule has 3 aromatic rings. The monoisotopic (exact) mass is 519 g/mol.